The summed E-state index contributed by atoms with van der Waals surface area (Å²) in [4.78, 5) is 38.6. The minimum absolute atomic E-state index is 0.00876. The van der Waals surface area contributed by atoms with E-state index in [0.29, 0.717) is 26.4 Å². The van der Waals surface area contributed by atoms with Crippen LogP contribution in [0.4, 0.5) is 0 Å². The van der Waals surface area contributed by atoms with E-state index >= 15 is 0 Å². The smallest absolute Gasteiger partial charge is 0.257 e. The molecule has 0 aliphatic carbocycles. The first-order valence-electron chi connectivity index (χ1n) is 11.0. The van der Waals surface area contributed by atoms with Crippen molar-refractivity contribution in [3.8, 4) is 0 Å². The van der Waals surface area contributed by atoms with Gasteiger partial charge in [0, 0.05) is 35.3 Å². The fourth-order valence-corrected chi connectivity index (χ4v) is 4.84. The Labute approximate surface area is 215 Å². The van der Waals surface area contributed by atoms with Crippen LogP contribution in [0.3, 0.4) is 0 Å². The van der Waals surface area contributed by atoms with Crippen molar-refractivity contribution in [3.05, 3.63) is 103 Å². The molecule has 0 saturated heterocycles. The molecule has 4 aromatic rings. The van der Waals surface area contributed by atoms with Crippen LogP contribution in [0, 0.1) is 0 Å². The van der Waals surface area contributed by atoms with E-state index in [1.807, 2.05) is 0 Å². The monoisotopic (exact) mass is 525 g/mol. The average molecular weight is 526 g/mol. The second-order valence-corrected chi connectivity index (χ2v) is 9.80. The molecule has 36 heavy (non-hydrogen) atoms. The molecule has 4 rings (SSSR count). The van der Waals surface area contributed by atoms with Gasteiger partial charge in [0.25, 0.3) is 5.91 Å². The Balaban J connectivity index is 1.43. The van der Waals surface area contributed by atoms with E-state index in [2.05, 4.69) is 5.32 Å². The van der Waals surface area contributed by atoms with E-state index in [0.717, 1.165) is 10.4 Å². The van der Waals surface area contributed by atoms with E-state index < -0.39 is 17.9 Å². The Kier molecular flexibility index (Phi) is 7.85. The molecule has 4 N–H and O–H groups in total. The van der Waals surface area contributed by atoms with E-state index in [1.165, 1.54) is 23.6 Å². The Hall–Kier alpha value is -3.50. The Bertz CT molecular complexity index is 1480. The summed E-state index contributed by atoms with van der Waals surface area (Å²) in [5, 5.41) is 14.2. The summed E-state index contributed by atoms with van der Waals surface area (Å²) in [7, 11) is 1.77. The largest absolute Gasteiger partial charge is 0.386 e. The average Bonchev–Trinajstić information content (AvgIpc) is 3.31. The summed E-state index contributed by atoms with van der Waals surface area (Å²) >= 11 is 7.26. The number of aromatic nitrogens is 1. The van der Waals surface area contributed by atoms with E-state index in [-0.39, 0.29) is 30.8 Å². The zero-order valence-electron chi connectivity index (χ0n) is 19.4. The number of carbonyl (C=O) groups excluding carboxylic acids is 2. The number of amides is 2. The van der Waals surface area contributed by atoms with Gasteiger partial charge in [-0.3, -0.25) is 14.4 Å². The molecule has 0 aliphatic heterocycles. The summed E-state index contributed by atoms with van der Waals surface area (Å²) in [5.41, 5.74) is 6.67. The number of carbonyl (C=O) groups is 2. The molecule has 0 aliphatic rings. The predicted octanol–water partition coefficient (Wildman–Crippen LogP) is 3.53. The van der Waals surface area contributed by atoms with Crippen LogP contribution in [0.5, 0.6) is 0 Å². The molecule has 0 spiro atoms. The van der Waals surface area contributed by atoms with Gasteiger partial charge in [-0.2, -0.15) is 0 Å². The van der Waals surface area contributed by atoms with Gasteiger partial charge in [0.2, 0.25) is 11.3 Å². The fraction of sp³-hybridized carbons (Fsp3) is 0.192. The van der Waals surface area contributed by atoms with Crippen molar-refractivity contribution in [1.82, 2.24) is 9.88 Å². The SMILES string of the molecule is Cn1cc(C(=O)NCc2ccc(Cl)cc2)c(=O)c2cc(COC[C@@H](O)c3cccc(C(N)=O)c3)sc21. The molecule has 186 valence electrons. The number of ether oxygens (including phenoxy) is 1. The third kappa shape index (κ3) is 5.83. The minimum atomic E-state index is -0.944. The predicted molar refractivity (Wildman–Crippen MR) is 139 cm³/mol. The molecule has 0 saturated carbocycles. The Morgan fingerprint density at radius 2 is 1.94 bits per heavy atom. The van der Waals surface area contributed by atoms with Gasteiger partial charge in [0.05, 0.1) is 18.6 Å². The van der Waals surface area contributed by atoms with E-state index in [1.54, 1.807) is 60.1 Å². The highest BCUT2D eigenvalue weighted by atomic mass is 35.5. The van der Waals surface area contributed by atoms with Gasteiger partial charge in [-0.05, 0) is 41.5 Å². The van der Waals surface area contributed by atoms with Gasteiger partial charge in [0.1, 0.15) is 16.5 Å². The van der Waals surface area contributed by atoms with Crippen LogP contribution >= 0.6 is 22.9 Å². The summed E-state index contributed by atoms with van der Waals surface area (Å²) < 4.78 is 7.41. The number of aliphatic hydroxyl groups excluding tert-OH is 1. The Morgan fingerprint density at radius 3 is 2.67 bits per heavy atom. The van der Waals surface area contributed by atoms with Crippen molar-refractivity contribution in [1.29, 1.82) is 0 Å². The van der Waals surface area contributed by atoms with Gasteiger partial charge >= 0.3 is 0 Å². The van der Waals surface area contributed by atoms with Crippen LogP contribution in [-0.4, -0.2) is 28.1 Å². The quantitative estimate of drug-likeness (QED) is 0.308. The van der Waals surface area contributed by atoms with Crippen molar-refractivity contribution in [2.75, 3.05) is 6.61 Å². The lowest BCUT2D eigenvalue weighted by molar-refractivity contribution is 0.0287. The third-order valence-corrected chi connectivity index (χ3v) is 7.03. The number of thiophene rings is 1. The normalized spacial score (nSPS) is 12.0. The highest BCUT2D eigenvalue weighted by Crippen LogP contribution is 2.25. The van der Waals surface area contributed by atoms with Gasteiger partial charge in [-0.15, -0.1) is 11.3 Å². The standard InChI is InChI=1S/C26H24ClN3O5S/c1-30-12-21(25(34)29-11-15-5-7-18(27)8-6-15)23(32)20-10-19(36-26(20)30)13-35-14-22(31)16-3-2-4-17(9-16)24(28)33/h2-10,12,22,31H,11,13-14H2,1H3,(H2,28,33)(H,29,34)/t22-/m1/s1. The van der Waals surface area contributed by atoms with Gasteiger partial charge in [0.15, 0.2) is 0 Å². The number of hydrogen-bond acceptors (Lipinski definition) is 6. The van der Waals surface area contributed by atoms with Crippen LogP contribution in [0.25, 0.3) is 10.2 Å². The molecule has 2 aromatic carbocycles. The van der Waals surface area contributed by atoms with Crippen molar-refractivity contribution in [2.24, 2.45) is 12.8 Å². The maximum Gasteiger partial charge on any atom is 0.257 e. The van der Waals surface area contributed by atoms with Crippen molar-refractivity contribution >= 4 is 45.0 Å². The number of primary amides is 1. The fourth-order valence-electron chi connectivity index (χ4n) is 3.69. The minimum Gasteiger partial charge on any atom is -0.386 e. The third-order valence-electron chi connectivity index (χ3n) is 5.58. The molecule has 0 fully saturated rings. The molecule has 2 aromatic heterocycles. The molecular formula is C26H24ClN3O5S. The first kappa shape index (κ1) is 25.6. The molecule has 0 bridgehead atoms. The molecule has 8 nitrogen and oxygen atoms in total. The molecule has 10 heteroatoms. The summed E-state index contributed by atoms with van der Waals surface area (Å²) in [6.07, 6.45) is 0.583. The van der Waals surface area contributed by atoms with Crippen LogP contribution < -0.4 is 16.5 Å². The maximum absolute atomic E-state index is 13.0. The number of halogens is 1. The van der Waals surface area contributed by atoms with Crippen LogP contribution in [-0.2, 0) is 24.9 Å². The molecule has 0 radical (unpaired) electrons. The number of nitrogens with one attached hydrogen (secondary N) is 1. The lowest BCUT2D eigenvalue weighted by Crippen LogP contribution is -2.29. The lowest BCUT2D eigenvalue weighted by Gasteiger charge is -2.12. The number of benzene rings is 2. The number of hydrogen-bond donors (Lipinski definition) is 3. The van der Waals surface area contributed by atoms with Crippen molar-refractivity contribution in [3.63, 3.8) is 0 Å². The summed E-state index contributed by atoms with van der Waals surface area (Å²) in [6.45, 7) is 0.430. The van der Waals surface area contributed by atoms with Crippen LogP contribution in [0.1, 0.15) is 42.8 Å². The van der Waals surface area contributed by atoms with Crippen molar-refractivity contribution in [2.45, 2.75) is 19.3 Å². The molecule has 2 heterocycles. The van der Waals surface area contributed by atoms with Gasteiger partial charge in [-0.25, -0.2) is 0 Å². The number of nitrogens with zero attached hydrogens (tertiary/aromatic N) is 1. The Morgan fingerprint density at radius 1 is 1.19 bits per heavy atom. The van der Waals surface area contributed by atoms with Gasteiger partial charge < -0.3 is 25.5 Å². The highest BCUT2D eigenvalue weighted by Gasteiger charge is 2.17. The number of pyridine rings is 1. The number of aliphatic hydroxyl groups is 1. The van der Waals surface area contributed by atoms with E-state index in [4.69, 9.17) is 22.1 Å². The number of rotatable bonds is 9. The number of fused-ring (bicyclic) bond motifs is 1. The highest BCUT2D eigenvalue weighted by molar-refractivity contribution is 7.18. The molecular weight excluding hydrogens is 502 g/mol. The van der Waals surface area contributed by atoms with Crippen molar-refractivity contribution < 1.29 is 19.4 Å². The molecule has 2 amide bonds. The zero-order chi connectivity index (χ0) is 25.8. The molecule has 0 unspecified atom stereocenters. The lowest BCUT2D eigenvalue weighted by atomic mass is 10.1. The first-order valence-corrected chi connectivity index (χ1v) is 12.2. The van der Waals surface area contributed by atoms with Crippen LogP contribution in [0.15, 0.2) is 65.6 Å². The second kappa shape index (κ2) is 11.0. The van der Waals surface area contributed by atoms with Gasteiger partial charge in [-0.1, -0.05) is 35.9 Å². The first-order chi connectivity index (χ1) is 17.2. The summed E-state index contributed by atoms with van der Waals surface area (Å²) in [5.74, 6) is -1.03. The van der Waals surface area contributed by atoms with Crippen LogP contribution in [0.2, 0.25) is 5.02 Å². The molecule has 1 atom stereocenters. The van der Waals surface area contributed by atoms with E-state index in [9.17, 15) is 19.5 Å². The number of nitrogens with two attached hydrogens (primary N) is 1. The maximum atomic E-state index is 13.0. The summed E-state index contributed by atoms with van der Waals surface area (Å²) in [6, 6.07) is 15.2. The zero-order valence-corrected chi connectivity index (χ0v) is 20.9. The topological polar surface area (TPSA) is 124 Å². The number of aryl methyl sites for hydroxylation is 1. The second-order valence-electron chi connectivity index (χ2n) is 8.24.